The van der Waals surface area contributed by atoms with Crippen molar-refractivity contribution in [3.63, 3.8) is 0 Å². The van der Waals surface area contributed by atoms with Crippen molar-refractivity contribution in [2.75, 3.05) is 5.32 Å². The van der Waals surface area contributed by atoms with E-state index < -0.39 is 12.1 Å². The number of nitrogens with one attached hydrogen (secondary N) is 1. The average Bonchev–Trinajstić information content (AvgIpc) is 3.09. The molecule has 25 heavy (non-hydrogen) atoms. The predicted octanol–water partition coefficient (Wildman–Crippen LogP) is 3.71. The van der Waals surface area contributed by atoms with E-state index in [-0.39, 0.29) is 5.91 Å². The number of carbonyl (C=O) groups excluding carboxylic acids is 2. The third kappa shape index (κ3) is 3.68. The molecule has 0 aliphatic rings. The van der Waals surface area contributed by atoms with Crippen LogP contribution in [0.2, 0.25) is 0 Å². The van der Waals surface area contributed by atoms with Gasteiger partial charge in [0.25, 0.3) is 5.91 Å². The second-order valence-electron chi connectivity index (χ2n) is 5.64. The normalized spacial score (nSPS) is 11.9. The van der Waals surface area contributed by atoms with Crippen LogP contribution in [0.4, 0.5) is 5.69 Å². The van der Waals surface area contributed by atoms with E-state index >= 15 is 0 Å². The molecule has 128 valence electrons. The number of ether oxygens (including phenoxy) is 1. The van der Waals surface area contributed by atoms with E-state index in [0.717, 1.165) is 5.56 Å². The van der Waals surface area contributed by atoms with E-state index in [0.29, 0.717) is 28.8 Å². The van der Waals surface area contributed by atoms with Crippen LogP contribution < -0.4 is 5.32 Å². The third-order valence-corrected chi connectivity index (χ3v) is 3.88. The number of carbonyl (C=O) groups is 2. The van der Waals surface area contributed by atoms with Crippen LogP contribution in [0.1, 0.15) is 29.3 Å². The van der Waals surface area contributed by atoms with Crippen LogP contribution in [0.25, 0.3) is 11.1 Å². The summed E-state index contributed by atoms with van der Waals surface area (Å²) in [6.45, 7) is 3.69. The Kier molecular flexibility index (Phi) is 4.79. The minimum atomic E-state index is -0.875. The summed E-state index contributed by atoms with van der Waals surface area (Å²) in [5, 5.41) is 2.80. The average molecular weight is 338 g/mol. The van der Waals surface area contributed by atoms with Crippen molar-refractivity contribution in [2.45, 2.75) is 26.4 Å². The smallest absolute Gasteiger partial charge is 0.338 e. The molecule has 0 saturated carbocycles. The van der Waals surface area contributed by atoms with Crippen LogP contribution in [-0.4, -0.2) is 23.0 Å². The van der Waals surface area contributed by atoms with Crippen molar-refractivity contribution in [1.29, 1.82) is 0 Å². The first-order chi connectivity index (χ1) is 12.1. The minimum Gasteiger partial charge on any atom is -0.449 e. The van der Waals surface area contributed by atoms with Gasteiger partial charge in [-0.25, -0.2) is 9.78 Å². The number of hydrogen-bond donors (Lipinski definition) is 1. The molecule has 1 amide bonds. The van der Waals surface area contributed by atoms with Crippen LogP contribution >= 0.6 is 0 Å². The number of aromatic nitrogens is 1. The maximum Gasteiger partial charge on any atom is 0.338 e. The molecule has 1 heterocycles. The Morgan fingerprint density at radius 1 is 1.24 bits per heavy atom. The molecule has 0 radical (unpaired) electrons. The van der Waals surface area contributed by atoms with E-state index in [1.807, 2.05) is 25.1 Å². The van der Waals surface area contributed by atoms with E-state index in [9.17, 15) is 9.59 Å². The number of fused-ring (bicyclic) bond motifs is 1. The van der Waals surface area contributed by atoms with E-state index in [1.54, 1.807) is 31.2 Å². The lowest BCUT2D eigenvalue weighted by molar-refractivity contribution is -0.124. The van der Waals surface area contributed by atoms with Crippen molar-refractivity contribution in [3.05, 3.63) is 60.0 Å². The Balaban J connectivity index is 1.71. The number of hydrogen-bond acceptors (Lipinski definition) is 5. The molecule has 6 nitrogen and oxygen atoms in total. The molecule has 0 bridgehead atoms. The number of benzene rings is 2. The summed E-state index contributed by atoms with van der Waals surface area (Å²) >= 11 is 0. The molecule has 1 atom stereocenters. The van der Waals surface area contributed by atoms with Crippen molar-refractivity contribution in [2.24, 2.45) is 0 Å². The number of oxazole rings is 1. The Morgan fingerprint density at radius 3 is 2.80 bits per heavy atom. The molecule has 1 unspecified atom stereocenters. The van der Waals surface area contributed by atoms with Gasteiger partial charge in [-0.3, -0.25) is 4.79 Å². The van der Waals surface area contributed by atoms with Gasteiger partial charge in [0.1, 0.15) is 5.52 Å². The molecule has 0 aliphatic carbocycles. The van der Waals surface area contributed by atoms with Crippen LogP contribution in [0.15, 0.2) is 53.3 Å². The maximum atomic E-state index is 12.4. The first-order valence-corrected chi connectivity index (χ1v) is 7.99. The van der Waals surface area contributed by atoms with E-state index in [1.165, 1.54) is 6.39 Å². The maximum absolute atomic E-state index is 12.4. The Morgan fingerprint density at radius 2 is 2.04 bits per heavy atom. The van der Waals surface area contributed by atoms with Gasteiger partial charge < -0.3 is 14.5 Å². The zero-order valence-electron chi connectivity index (χ0n) is 14.0. The van der Waals surface area contributed by atoms with Gasteiger partial charge in [0, 0.05) is 5.69 Å². The van der Waals surface area contributed by atoms with Gasteiger partial charge in [-0.2, -0.15) is 0 Å². The Labute approximate surface area is 144 Å². The molecule has 2 aromatic carbocycles. The Bertz CT molecular complexity index is 916. The van der Waals surface area contributed by atoms with Crippen LogP contribution in [0.5, 0.6) is 0 Å². The highest BCUT2D eigenvalue weighted by Crippen LogP contribution is 2.17. The number of anilines is 1. The van der Waals surface area contributed by atoms with Crippen molar-refractivity contribution < 1.29 is 18.7 Å². The number of rotatable bonds is 5. The first-order valence-electron chi connectivity index (χ1n) is 7.99. The molecular weight excluding hydrogens is 320 g/mol. The second kappa shape index (κ2) is 7.17. The molecule has 0 saturated heterocycles. The molecule has 3 aromatic rings. The van der Waals surface area contributed by atoms with E-state index in [4.69, 9.17) is 9.15 Å². The summed E-state index contributed by atoms with van der Waals surface area (Å²) in [7, 11) is 0. The van der Waals surface area contributed by atoms with Crippen molar-refractivity contribution in [1.82, 2.24) is 4.98 Å². The molecule has 1 N–H and O–H groups in total. The summed E-state index contributed by atoms with van der Waals surface area (Å²) < 4.78 is 10.5. The number of para-hydroxylation sites is 1. The molecule has 0 fully saturated rings. The molecule has 0 spiro atoms. The lowest BCUT2D eigenvalue weighted by Crippen LogP contribution is -2.32. The molecule has 1 aromatic heterocycles. The highest BCUT2D eigenvalue weighted by atomic mass is 16.5. The minimum absolute atomic E-state index is 0.323. The summed E-state index contributed by atoms with van der Waals surface area (Å²) in [5.41, 5.74) is 3.11. The van der Waals surface area contributed by atoms with Gasteiger partial charge in [0.15, 0.2) is 18.1 Å². The van der Waals surface area contributed by atoms with Gasteiger partial charge in [0.2, 0.25) is 0 Å². The quantitative estimate of drug-likeness (QED) is 0.717. The lowest BCUT2D eigenvalue weighted by Gasteiger charge is -2.17. The summed E-state index contributed by atoms with van der Waals surface area (Å²) in [4.78, 5) is 28.8. The van der Waals surface area contributed by atoms with Crippen LogP contribution in [-0.2, 0) is 9.53 Å². The highest BCUT2D eigenvalue weighted by Gasteiger charge is 2.22. The molecular formula is C19H18N2O4. The molecule has 3 rings (SSSR count). The van der Waals surface area contributed by atoms with Gasteiger partial charge in [-0.05, 0) is 43.2 Å². The fourth-order valence-electron chi connectivity index (χ4n) is 2.43. The van der Waals surface area contributed by atoms with Gasteiger partial charge >= 0.3 is 5.97 Å². The monoisotopic (exact) mass is 338 g/mol. The summed E-state index contributed by atoms with van der Waals surface area (Å²) in [5.74, 6) is -0.927. The molecule has 0 aliphatic heterocycles. The summed E-state index contributed by atoms with van der Waals surface area (Å²) in [6.07, 6.45) is 0.806. The predicted molar refractivity (Wildman–Crippen MR) is 93.3 cm³/mol. The SMILES string of the molecule is CCC(OC(=O)c1ccc2ocnc2c1)C(=O)Nc1ccccc1C. The number of nitrogens with zero attached hydrogens (tertiary/aromatic N) is 1. The zero-order valence-corrected chi connectivity index (χ0v) is 14.0. The van der Waals surface area contributed by atoms with E-state index in [2.05, 4.69) is 10.3 Å². The van der Waals surface area contributed by atoms with Crippen molar-refractivity contribution >= 4 is 28.7 Å². The lowest BCUT2D eigenvalue weighted by atomic mass is 10.1. The zero-order chi connectivity index (χ0) is 17.8. The topological polar surface area (TPSA) is 81.4 Å². The largest absolute Gasteiger partial charge is 0.449 e. The van der Waals surface area contributed by atoms with Gasteiger partial charge in [-0.1, -0.05) is 25.1 Å². The second-order valence-corrected chi connectivity index (χ2v) is 5.64. The number of amides is 1. The fourth-order valence-corrected chi connectivity index (χ4v) is 2.43. The van der Waals surface area contributed by atoms with Crippen LogP contribution in [0, 0.1) is 6.92 Å². The fraction of sp³-hybridized carbons (Fsp3) is 0.211. The number of aryl methyl sites for hydroxylation is 1. The molecule has 6 heteroatoms. The van der Waals surface area contributed by atoms with Crippen LogP contribution in [0.3, 0.4) is 0 Å². The van der Waals surface area contributed by atoms with Gasteiger partial charge in [0.05, 0.1) is 5.56 Å². The number of esters is 1. The summed E-state index contributed by atoms with van der Waals surface area (Å²) in [6, 6.07) is 12.2. The van der Waals surface area contributed by atoms with Gasteiger partial charge in [-0.15, -0.1) is 0 Å². The highest BCUT2D eigenvalue weighted by molar-refractivity contribution is 5.98. The standard InChI is InChI=1S/C19H18N2O4/c1-3-16(18(22)21-14-7-5-4-6-12(14)2)25-19(23)13-8-9-17-15(10-13)20-11-24-17/h4-11,16H,3H2,1-2H3,(H,21,22). The Hall–Kier alpha value is -3.15. The van der Waals surface area contributed by atoms with Crippen molar-refractivity contribution in [3.8, 4) is 0 Å². The third-order valence-electron chi connectivity index (χ3n) is 3.88. The first kappa shape index (κ1) is 16.7.